The molecule has 1 aliphatic heterocycles. The number of hydrogen-bond acceptors (Lipinski definition) is 5. The minimum atomic E-state index is -0.611. The van der Waals surface area contributed by atoms with Gasteiger partial charge in [-0.15, -0.1) is 0 Å². The predicted octanol–water partition coefficient (Wildman–Crippen LogP) is 2.69. The number of likely N-dealkylation sites (N-methyl/N-ethyl adjacent to an activating group) is 1. The summed E-state index contributed by atoms with van der Waals surface area (Å²) in [7, 11) is 3.54. The molecule has 3 amide bonds. The number of hydrogen-bond donors (Lipinski definition) is 3. The van der Waals surface area contributed by atoms with E-state index in [1.165, 1.54) is 0 Å². The van der Waals surface area contributed by atoms with Gasteiger partial charge in [-0.2, -0.15) is 5.10 Å². The van der Waals surface area contributed by atoms with Crippen LogP contribution in [-0.4, -0.2) is 64.1 Å². The SMILES string of the molecule is CN[C@@H](C)C(=O)N[C@H](C(=O)N1CCC[C@H]1C(=O)Nc1cn(C)nc1-c1ccccc1)C1CCCCC1. The van der Waals surface area contributed by atoms with E-state index in [9.17, 15) is 14.4 Å². The fourth-order valence-corrected chi connectivity index (χ4v) is 5.35. The number of carbonyl (C=O) groups is 3. The number of rotatable bonds is 8. The number of amides is 3. The van der Waals surface area contributed by atoms with Crippen LogP contribution in [0.3, 0.4) is 0 Å². The van der Waals surface area contributed by atoms with Crippen LogP contribution in [0.2, 0.25) is 0 Å². The molecule has 0 unspecified atom stereocenters. The Balaban J connectivity index is 1.52. The van der Waals surface area contributed by atoms with Gasteiger partial charge in [-0.05, 0) is 45.6 Å². The van der Waals surface area contributed by atoms with Gasteiger partial charge in [0.2, 0.25) is 17.7 Å². The summed E-state index contributed by atoms with van der Waals surface area (Å²) in [4.78, 5) is 41.7. The number of nitrogens with one attached hydrogen (secondary N) is 3. The molecule has 9 heteroatoms. The molecule has 0 radical (unpaired) electrons. The summed E-state index contributed by atoms with van der Waals surface area (Å²) < 4.78 is 1.67. The first-order valence-corrected chi connectivity index (χ1v) is 13.1. The average Bonchev–Trinajstić information content (AvgIpc) is 3.54. The van der Waals surface area contributed by atoms with Crippen molar-refractivity contribution in [2.75, 3.05) is 18.9 Å². The van der Waals surface area contributed by atoms with Crippen molar-refractivity contribution >= 4 is 23.4 Å². The van der Waals surface area contributed by atoms with Crippen molar-refractivity contribution in [1.29, 1.82) is 0 Å². The zero-order valence-electron chi connectivity index (χ0n) is 21.5. The molecule has 36 heavy (non-hydrogen) atoms. The molecule has 1 saturated carbocycles. The van der Waals surface area contributed by atoms with Crippen LogP contribution in [0.25, 0.3) is 11.3 Å². The van der Waals surface area contributed by atoms with Crippen LogP contribution in [0, 0.1) is 5.92 Å². The standard InChI is InChI=1S/C27H38N6O3/c1-18(28-2)25(34)30-24(20-13-8-5-9-14-20)27(36)33-16-10-15-22(33)26(35)29-21-17-32(3)31-23(21)19-11-6-4-7-12-19/h4,6-7,11-12,17-18,20,22,24,28H,5,8-10,13-16H2,1-3H3,(H,29,35)(H,30,34)/t18-,22-,24-/m0/s1. The Morgan fingerprint density at radius 1 is 1.03 bits per heavy atom. The molecule has 1 aliphatic carbocycles. The van der Waals surface area contributed by atoms with E-state index in [1.54, 1.807) is 29.7 Å². The van der Waals surface area contributed by atoms with E-state index in [1.807, 2.05) is 37.4 Å². The van der Waals surface area contributed by atoms with Crippen LogP contribution in [0.5, 0.6) is 0 Å². The molecule has 1 saturated heterocycles. The molecule has 1 aromatic heterocycles. The van der Waals surface area contributed by atoms with E-state index < -0.39 is 18.1 Å². The van der Waals surface area contributed by atoms with Crippen molar-refractivity contribution in [3.8, 4) is 11.3 Å². The van der Waals surface area contributed by atoms with Gasteiger partial charge in [-0.25, -0.2) is 0 Å². The molecule has 9 nitrogen and oxygen atoms in total. The number of aromatic nitrogens is 2. The Hall–Kier alpha value is -3.20. The van der Waals surface area contributed by atoms with Gasteiger partial charge in [0.25, 0.3) is 0 Å². The van der Waals surface area contributed by atoms with Crippen LogP contribution in [-0.2, 0) is 21.4 Å². The van der Waals surface area contributed by atoms with Gasteiger partial charge in [0, 0.05) is 25.4 Å². The molecule has 3 N–H and O–H groups in total. The van der Waals surface area contributed by atoms with E-state index in [-0.39, 0.29) is 23.6 Å². The number of benzene rings is 1. The Bertz CT molecular complexity index is 1060. The van der Waals surface area contributed by atoms with E-state index in [0.717, 1.165) is 44.1 Å². The number of carbonyl (C=O) groups excluding carboxylic acids is 3. The summed E-state index contributed by atoms with van der Waals surface area (Å²) >= 11 is 0. The molecule has 2 aromatic rings. The van der Waals surface area contributed by atoms with Crippen molar-refractivity contribution in [3.05, 3.63) is 36.5 Å². The fourth-order valence-electron chi connectivity index (χ4n) is 5.35. The molecule has 1 aromatic carbocycles. The van der Waals surface area contributed by atoms with Crippen molar-refractivity contribution < 1.29 is 14.4 Å². The summed E-state index contributed by atoms with van der Waals surface area (Å²) in [6.07, 6.45) is 8.21. The molecule has 0 bridgehead atoms. The van der Waals surface area contributed by atoms with Crippen molar-refractivity contribution in [1.82, 2.24) is 25.3 Å². The first kappa shape index (κ1) is 25.9. The highest BCUT2D eigenvalue weighted by molar-refractivity contribution is 6.01. The predicted molar refractivity (Wildman–Crippen MR) is 139 cm³/mol. The quantitative estimate of drug-likeness (QED) is 0.523. The van der Waals surface area contributed by atoms with Crippen LogP contribution >= 0.6 is 0 Å². The lowest BCUT2D eigenvalue weighted by Gasteiger charge is -2.35. The largest absolute Gasteiger partial charge is 0.343 e. The number of likely N-dealkylation sites (tertiary alicyclic amines) is 1. The van der Waals surface area contributed by atoms with Crippen molar-refractivity contribution in [2.45, 2.75) is 70.0 Å². The molecular weight excluding hydrogens is 456 g/mol. The molecule has 4 rings (SSSR count). The first-order valence-electron chi connectivity index (χ1n) is 13.1. The summed E-state index contributed by atoms with van der Waals surface area (Å²) in [6.45, 7) is 2.29. The van der Waals surface area contributed by atoms with E-state index in [4.69, 9.17) is 0 Å². The highest BCUT2D eigenvalue weighted by Gasteiger charge is 2.41. The molecule has 2 heterocycles. The number of nitrogens with zero attached hydrogens (tertiary/aromatic N) is 3. The number of aryl methyl sites for hydroxylation is 1. The number of anilines is 1. The highest BCUT2D eigenvalue weighted by Crippen LogP contribution is 2.31. The minimum Gasteiger partial charge on any atom is -0.343 e. The van der Waals surface area contributed by atoms with E-state index >= 15 is 0 Å². The second-order valence-electron chi connectivity index (χ2n) is 10.0. The van der Waals surface area contributed by atoms with Gasteiger partial charge < -0.3 is 20.9 Å². The Morgan fingerprint density at radius 2 is 1.75 bits per heavy atom. The summed E-state index contributed by atoms with van der Waals surface area (Å²) in [5, 5.41) is 13.5. The zero-order chi connectivity index (χ0) is 25.7. The van der Waals surface area contributed by atoms with Gasteiger partial charge in [0.15, 0.2) is 0 Å². The van der Waals surface area contributed by atoms with E-state index in [2.05, 4.69) is 21.0 Å². The van der Waals surface area contributed by atoms with E-state index in [0.29, 0.717) is 24.3 Å². The smallest absolute Gasteiger partial charge is 0.247 e. The van der Waals surface area contributed by atoms with Gasteiger partial charge in [-0.1, -0.05) is 49.6 Å². The average molecular weight is 495 g/mol. The second-order valence-corrected chi connectivity index (χ2v) is 10.0. The third-order valence-corrected chi connectivity index (χ3v) is 7.48. The summed E-state index contributed by atoms with van der Waals surface area (Å²) in [6, 6.07) is 8.12. The Kier molecular flexibility index (Phi) is 8.40. The van der Waals surface area contributed by atoms with Crippen LogP contribution in [0.15, 0.2) is 36.5 Å². The van der Waals surface area contributed by atoms with Crippen molar-refractivity contribution in [3.63, 3.8) is 0 Å². The fraction of sp³-hybridized carbons (Fsp3) is 0.556. The zero-order valence-corrected chi connectivity index (χ0v) is 21.5. The maximum Gasteiger partial charge on any atom is 0.247 e. The minimum absolute atomic E-state index is 0.0894. The molecule has 2 aliphatic rings. The lowest BCUT2D eigenvalue weighted by atomic mass is 9.83. The maximum absolute atomic E-state index is 13.8. The molecular formula is C27H38N6O3. The lowest BCUT2D eigenvalue weighted by Crippen LogP contribution is -2.57. The molecule has 2 fully saturated rings. The van der Waals surface area contributed by atoms with Gasteiger partial charge in [-0.3, -0.25) is 19.1 Å². The topological polar surface area (TPSA) is 108 Å². The summed E-state index contributed by atoms with van der Waals surface area (Å²) in [5.41, 5.74) is 2.22. The highest BCUT2D eigenvalue weighted by atomic mass is 16.2. The van der Waals surface area contributed by atoms with Crippen LogP contribution in [0.4, 0.5) is 5.69 Å². The maximum atomic E-state index is 13.8. The first-order chi connectivity index (χ1) is 17.4. The monoisotopic (exact) mass is 494 g/mol. The normalized spacial score (nSPS) is 20.1. The molecule has 0 spiro atoms. The van der Waals surface area contributed by atoms with Gasteiger partial charge in [0.05, 0.1) is 11.7 Å². The Labute approximate surface area is 213 Å². The third-order valence-electron chi connectivity index (χ3n) is 7.48. The van der Waals surface area contributed by atoms with Gasteiger partial charge in [0.1, 0.15) is 17.8 Å². The van der Waals surface area contributed by atoms with Gasteiger partial charge >= 0.3 is 0 Å². The molecule has 3 atom stereocenters. The summed E-state index contributed by atoms with van der Waals surface area (Å²) in [5.74, 6) is -0.468. The van der Waals surface area contributed by atoms with Crippen LogP contribution in [0.1, 0.15) is 51.9 Å². The second kappa shape index (κ2) is 11.7. The van der Waals surface area contributed by atoms with Crippen molar-refractivity contribution in [2.24, 2.45) is 13.0 Å². The third kappa shape index (κ3) is 5.78. The Morgan fingerprint density at radius 3 is 2.44 bits per heavy atom. The lowest BCUT2D eigenvalue weighted by molar-refractivity contribution is -0.142. The van der Waals surface area contributed by atoms with Crippen LogP contribution < -0.4 is 16.0 Å². The molecule has 194 valence electrons.